The summed E-state index contributed by atoms with van der Waals surface area (Å²) in [6.45, 7) is 4.65. The van der Waals surface area contributed by atoms with Crippen LogP contribution in [-0.2, 0) is 11.2 Å². The monoisotopic (exact) mass is 264 g/mol. The molecule has 1 atom stereocenters. The van der Waals surface area contributed by atoms with Crippen molar-refractivity contribution in [1.82, 2.24) is 0 Å². The van der Waals surface area contributed by atoms with E-state index in [2.05, 4.69) is 32.0 Å². The lowest BCUT2D eigenvalue weighted by atomic mass is 10.1. The summed E-state index contributed by atoms with van der Waals surface area (Å²) >= 11 is 1.84. The van der Waals surface area contributed by atoms with Crippen LogP contribution in [0, 0.1) is 0 Å². The zero-order valence-electron chi connectivity index (χ0n) is 11.0. The summed E-state index contributed by atoms with van der Waals surface area (Å²) in [7, 11) is 0. The Morgan fingerprint density at radius 1 is 1.56 bits per heavy atom. The third-order valence-electron chi connectivity index (χ3n) is 3.25. The van der Waals surface area contributed by atoms with E-state index in [0.717, 1.165) is 17.9 Å². The number of carbonyl (C=O) groups is 1. The van der Waals surface area contributed by atoms with Crippen LogP contribution in [0.15, 0.2) is 23.1 Å². The van der Waals surface area contributed by atoms with E-state index in [4.69, 9.17) is 5.73 Å². The van der Waals surface area contributed by atoms with Gasteiger partial charge in [0.15, 0.2) is 0 Å². The Balaban J connectivity index is 2.45. The summed E-state index contributed by atoms with van der Waals surface area (Å²) in [5, 5.41) is 0. The quantitative estimate of drug-likeness (QED) is 0.912. The van der Waals surface area contributed by atoms with Crippen molar-refractivity contribution in [2.45, 2.75) is 37.6 Å². The van der Waals surface area contributed by atoms with Gasteiger partial charge in [-0.15, -0.1) is 11.8 Å². The highest BCUT2D eigenvalue weighted by Gasteiger charge is 2.29. The first-order chi connectivity index (χ1) is 8.69. The van der Waals surface area contributed by atoms with Gasteiger partial charge in [-0.3, -0.25) is 4.79 Å². The Morgan fingerprint density at radius 3 is 3.00 bits per heavy atom. The first kappa shape index (κ1) is 13.4. The molecule has 0 bridgehead atoms. The van der Waals surface area contributed by atoms with Crippen molar-refractivity contribution in [2.75, 3.05) is 17.2 Å². The normalized spacial score (nSPS) is 18.6. The number of thioether (sulfide) groups is 1. The summed E-state index contributed by atoms with van der Waals surface area (Å²) in [5.41, 5.74) is 7.88. The molecule has 18 heavy (non-hydrogen) atoms. The Kier molecular flexibility index (Phi) is 4.30. The number of fused-ring (bicyclic) bond motifs is 1. The number of amides is 1. The Labute approximate surface area is 113 Å². The van der Waals surface area contributed by atoms with Gasteiger partial charge in [0.2, 0.25) is 5.91 Å². The van der Waals surface area contributed by atoms with Gasteiger partial charge in [0, 0.05) is 29.7 Å². The summed E-state index contributed by atoms with van der Waals surface area (Å²) in [5.74, 6) is 1.10. The Bertz CT molecular complexity index is 433. The Morgan fingerprint density at radius 2 is 2.33 bits per heavy atom. The van der Waals surface area contributed by atoms with Crippen LogP contribution in [0.1, 0.15) is 25.8 Å². The lowest BCUT2D eigenvalue weighted by molar-refractivity contribution is -0.118. The lowest BCUT2D eigenvalue weighted by Crippen LogP contribution is -2.43. The SMILES string of the molecule is CCc1cccc2c1N(C(=O)CCN)C(C)CS2. The van der Waals surface area contributed by atoms with Gasteiger partial charge >= 0.3 is 0 Å². The van der Waals surface area contributed by atoms with Crippen molar-refractivity contribution < 1.29 is 4.79 Å². The third-order valence-corrected chi connectivity index (χ3v) is 4.54. The van der Waals surface area contributed by atoms with E-state index in [1.54, 1.807) is 0 Å². The van der Waals surface area contributed by atoms with Crippen molar-refractivity contribution in [3.63, 3.8) is 0 Å². The van der Waals surface area contributed by atoms with Crippen molar-refractivity contribution >= 4 is 23.4 Å². The van der Waals surface area contributed by atoms with Crippen LogP contribution in [-0.4, -0.2) is 24.2 Å². The molecule has 0 radical (unpaired) electrons. The van der Waals surface area contributed by atoms with Crippen LogP contribution in [0.25, 0.3) is 0 Å². The average molecular weight is 264 g/mol. The third kappa shape index (κ3) is 2.40. The van der Waals surface area contributed by atoms with Gasteiger partial charge in [0.25, 0.3) is 0 Å². The van der Waals surface area contributed by atoms with E-state index in [0.29, 0.717) is 13.0 Å². The molecule has 1 amide bonds. The second-order valence-electron chi connectivity index (χ2n) is 4.58. The molecule has 0 saturated carbocycles. The molecule has 0 fully saturated rings. The first-order valence-corrected chi connectivity index (χ1v) is 7.44. The van der Waals surface area contributed by atoms with E-state index in [1.807, 2.05) is 16.7 Å². The van der Waals surface area contributed by atoms with E-state index in [1.165, 1.54) is 10.5 Å². The molecule has 0 spiro atoms. The summed E-state index contributed by atoms with van der Waals surface area (Å²) in [6, 6.07) is 6.54. The number of anilines is 1. The maximum atomic E-state index is 12.3. The molecule has 3 nitrogen and oxygen atoms in total. The van der Waals surface area contributed by atoms with Gasteiger partial charge in [-0.25, -0.2) is 0 Å². The molecular weight excluding hydrogens is 244 g/mol. The Hall–Kier alpha value is -1.000. The molecule has 0 aromatic heterocycles. The van der Waals surface area contributed by atoms with E-state index < -0.39 is 0 Å². The predicted octanol–water partition coefficient (Wildman–Crippen LogP) is 2.43. The van der Waals surface area contributed by atoms with Crippen LogP contribution in [0.3, 0.4) is 0 Å². The smallest absolute Gasteiger partial charge is 0.228 e. The fraction of sp³-hybridized carbons (Fsp3) is 0.500. The van der Waals surface area contributed by atoms with E-state index in [-0.39, 0.29) is 11.9 Å². The van der Waals surface area contributed by atoms with Gasteiger partial charge < -0.3 is 10.6 Å². The number of nitrogens with two attached hydrogens (primary N) is 1. The molecule has 1 aromatic rings. The minimum absolute atomic E-state index is 0.146. The number of hydrogen-bond donors (Lipinski definition) is 1. The number of benzene rings is 1. The fourth-order valence-electron chi connectivity index (χ4n) is 2.36. The molecule has 1 heterocycles. The minimum atomic E-state index is 0.146. The molecule has 0 aliphatic carbocycles. The number of nitrogens with zero attached hydrogens (tertiary/aromatic N) is 1. The van der Waals surface area contributed by atoms with Crippen LogP contribution >= 0.6 is 11.8 Å². The summed E-state index contributed by atoms with van der Waals surface area (Å²) < 4.78 is 0. The molecule has 98 valence electrons. The fourth-order valence-corrected chi connectivity index (χ4v) is 3.47. The van der Waals surface area contributed by atoms with E-state index >= 15 is 0 Å². The van der Waals surface area contributed by atoms with Crippen LogP contribution < -0.4 is 10.6 Å². The number of hydrogen-bond acceptors (Lipinski definition) is 3. The largest absolute Gasteiger partial charge is 0.330 e. The zero-order chi connectivity index (χ0) is 13.1. The number of aryl methyl sites for hydroxylation is 1. The standard InChI is InChI=1S/C14H20N2OS/c1-3-11-5-4-6-12-14(11)16(10(2)9-18-12)13(17)7-8-15/h4-6,10H,3,7-9,15H2,1-2H3. The molecule has 4 heteroatoms. The molecule has 1 aliphatic rings. The number of carbonyl (C=O) groups excluding carboxylic acids is 1. The first-order valence-electron chi connectivity index (χ1n) is 6.45. The molecule has 0 saturated heterocycles. The molecule has 1 aromatic carbocycles. The van der Waals surface area contributed by atoms with Gasteiger partial charge in [-0.05, 0) is 25.0 Å². The van der Waals surface area contributed by atoms with Gasteiger partial charge in [0.05, 0.1) is 5.69 Å². The van der Waals surface area contributed by atoms with Crippen molar-refractivity contribution in [3.05, 3.63) is 23.8 Å². The number of rotatable bonds is 3. The highest BCUT2D eigenvalue weighted by atomic mass is 32.2. The van der Waals surface area contributed by atoms with Crippen LogP contribution in [0.2, 0.25) is 0 Å². The van der Waals surface area contributed by atoms with Crippen LogP contribution in [0.4, 0.5) is 5.69 Å². The predicted molar refractivity (Wildman–Crippen MR) is 77.2 cm³/mol. The van der Waals surface area contributed by atoms with Crippen molar-refractivity contribution in [2.24, 2.45) is 5.73 Å². The maximum absolute atomic E-state index is 12.3. The lowest BCUT2D eigenvalue weighted by Gasteiger charge is -2.36. The topological polar surface area (TPSA) is 46.3 Å². The van der Waals surface area contributed by atoms with E-state index in [9.17, 15) is 4.79 Å². The van der Waals surface area contributed by atoms with Crippen molar-refractivity contribution in [3.8, 4) is 0 Å². The van der Waals surface area contributed by atoms with Gasteiger partial charge in [-0.2, -0.15) is 0 Å². The molecule has 2 rings (SSSR count). The maximum Gasteiger partial charge on any atom is 0.228 e. The second-order valence-corrected chi connectivity index (χ2v) is 5.64. The summed E-state index contributed by atoms with van der Waals surface area (Å²) in [4.78, 5) is 15.5. The number of para-hydroxylation sites is 1. The van der Waals surface area contributed by atoms with Crippen molar-refractivity contribution in [1.29, 1.82) is 0 Å². The minimum Gasteiger partial charge on any atom is -0.330 e. The van der Waals surface area contributed by atoms with Gasteiger partial charge in [-0.1, -0.05) is 19.1 Å². The molecule has 2 N–H and O–H groups in total. The second kappa shape index (κ2) is 5.76. The molecule has 1 aliphatic heterocycles. The van der Waals surface area contributed by atoms with Gasteiger partial charge in [0.1, 0.15) is 0 Å². The van der Waals surface area contributed by atoms with Crippen LogP contribution in [0.5, 0.6) is 0 Å². The molecular formula is C14H20N2OS. The highest BCUT2D eigenvalue weighted by molar-refractivity contribution is 7.99. The molecule has 1 unspecified atom stereocenters. The average Bonchev–Trinajstić information content (AvgIpc) is 2.38. The highest BCUT2D eigenvalue weighted by Crippen LogP contribution is 2.40. The summed E-state index contributed by atoms with van der Waals surface area (Å²) in [6.07, 6.45) is 1.37. The zero-order valence-corrected chi connectivity index (χ0v) is 11.8.